The van der Waals surface area contributed by atoms with Crippen LogP contribution < -0.4 is 0 Å². The van der Waals surface area contributed by atoms with Gasteiger partial charge in [0.15, 0.2) is 5.15 Å². The van der Waals surface area contributed by atoms with Crippen LogP contribution in [-0.4, -0.2) is 74.3 Å². The lowest BCUT2D eigenvalue weighted by Gasteiger charge is -2.22. The van der Waals surface area contributed by atoms with E-state index in [1.54, 1.807) is 19.0 Å². The second kappa shape index (κ2) is 14.7. The van der Waals surface area contributed by atoms with Crippen molar-refractivity contribution in [2.45, 2.75) is 58.2 Å². The number of aryl methyl sites for hydroxylation is 1. The Morgan fingerprint density at radius 1 is 1.10 bits per heavy atom. The fraction of sp³-hybridized carbons (Fsp3) is 0.400. The Morgan fingerprint density at radius 2 is 1.83 bits per heavy atom. The topological polar surface area (TPSA) is 128 Å². The fourth-order valence-corrected chi connectivity index (χ4v) is 4.97. The number of nitrogens with one attached hydrogen (secondary N) is 1. The van der Waals surface area contributed by atoms with Crippen molar-refractivity contribution in [2.24, 2.45) is 0 Å². The third kappa shape index (κ3) is 7.59. The highest BCUT2D eigenvalue weighted by molar-refractivity contribution is 6.30. The zero-order valence-electron chi connectivity index (χ0n) is 24.3. The first-order valence-corrected chi connectivity index (χ1v) is 14.3. The molecule has 0 saturated heterocycles. The van der Waals surface area contributed by atoms with E-state index in [9.17, 15) is 9.59 Å². The number of hydrogen-bond donors (Lipinski definition) is 1. The van der Waals surface area contributed by atoms with Crippen molar-refractivity contribution in [3.8, 4) is 22.5 Å². The van der Waals surface area contributed by atoms with Crippen LogP contribution in [-0.2, 0) is 38.6 Å². The van der Waals surface area contributed by atoms with E-state index in [-0.39, 0.29) is 25.4 Å². The maximum absolute atomic E-state index is 13.0. The highest BCUT2D eigenvalue weighted by atomic mass is 35.5. The van der Waals surface area contributed by atoms with Crippen LogP contribution in [0.1, 0.15) is 49.7 Å². The van der Waals surface area contributed by atoms with E-state index < -0.39 is 12.0 Å². The average molecular weight is 594 g/mol. The van der Waals surface area contributed by atoms with Gasteiger partial charge in [-0.15, -0.1) is 10.2 Å². The molecule has 2 heterocycles. The zero-order chi connectivity index (χ0) is 30.1. The number of benzene rings is 2. The van der Waals surface area contributed by atoms with Gasteiger partial charge in [0.2, 0.25) is 5.82 Å². The lowest BCUT2D eigenvalue weighted by Crippen LogP contribution is -2.37. The van der Waals surface area contributed by atoms with Crippen molar-refractivity contribution in [3.63, 3.8) is 0 Å². The number of tetrazole rings is 1. The summed E-state index contributed by atoms with van der Waals surface area (Å²) in [5.74, 6) is 0.562. The van der Waals surface area contributed by atoms with Crippen LogP contribution in [0.15, 0.2) is 48.5 Å². The van der Waals surface area contributed by atoms with Gasteiger partial charge in [-0.05, 0) is 48.8 Å². The number of ether oxygens (including phenoxy) is 2. The minimum atomic E-state index is -0.596. The van der Waals surface area contributed by atoms with Crippen LogP contribution in [0.2, 0.25) is 5.15 Å². The molecule has 0 aliphatic rings. The highest BCUT2D eigenvalue weighted by Gasteiger charge is 2.25. The van der Waals surface area contributed by atoms with E-state index in [1.807, 2.05) is 28.8 Å². The molecule has 1 N–H and O–H groups in total. The normalized spacial score (nSPS) is 12.0. The molecule has 2 aromatic carbocycles. The fourth-order valence-electron chi connectivity index (χ4n) is 4.71. The summed E-state index contributed by atoms with van der Waals surface area (Å²) in [5.41, 5.74) is 4.57. The van der Waals surface area contributed by atoms with Gasteiger partial charge in [-0.25, -0.2) is 4.98 Å². The Morgan fingerprint density at radius 3 is 2.48 bits per heavy atom. The van der Waals surface area contributed by atoms with Crippen LogP contribution in [0, 0.1) is 0 Å². The van der Waals surface area contributed by atoms with Crippen molar-refractivity contribution >= 4 is 23.5 Å². The van der Waals surface area contributed by atoms with Crippen molar-refractivity contribution in [1.82, 2.24) is 35.1 Å². The molecule has 42 heavy (non-hydrogen) atoms. The molecule has 0 radical (unpaired) electrons. The Labute approximate surface area is 250 Å². The van der Waals surface area contributed by atoms with Crippen molar-refractivity contribution in [3.05, 3.63) is 70.8 Å². The van der Waals surface area contributed by atoms with Crippen molar-refractivity contribution < 1.29 is 19.1 Å². The summed E-state index contributed by atoms with van der Waals surface area (Å²) in [5, 5.41) is 14.8. The standard InChI is InChI=1S/C30H36ClN7O4/c1-5-6-11-26-32-28(31)25(19-42-30(40)24(37(2)3)16-17-27(39)41-4)38(26)18-20-12-14-21(15-13-20)22-9-7-8-10-23(22)29-33-35-36-34-29/h7-10,12-15,24H,5-6,11,16-19H2,1-4H3,(H,33,34,35,36)/t24-/m1/s1. The van der Waals surface area contributed by atoms with Gasteiger partial charge >= 0.3 is 11.9 Å². The monoisotopic (exact) mass is 593 g/mol. The predicted molar refractivity (Wildman–Crippen MR) is 159 cm³/mol. The van der Waals surface area contributed by atoms with Gasteiger partial charge < -0.3 is 14.0 Å². The molecule has 0 bridgehead atoms. The van der Waals surface area contributed by atoms with Gasteiger partial charge in [0.1, 0.15) is 18.5 Å². The molecule has 0 aliphatic carbocycles. The first kappa shape index (κ1) is 30.9. The Hall–Kier alpha value is -4.09. The van der Waals surface area contributed by atoms with Crippen LogP contribution in [0.5, 0.6) is 0 Å². The first-order chi connectivity index (χ1) is 20.3. The number of aromatic amines is 1. The summed E-state index contributed by atoms with van der Waals surface area (Å²) in [6.45, 7) is 2.60. The number of H-pyrrole nitrogens is 1. The number of esters is 2. The maximum atomic E-state index is 13.0. The largest absolute Gasteiger partial charge is 0.469 e. The minimum Gasteiger partial charge on any atom is -0.469 e. The summed E-state index contributed by atoms with van der Waals surface area (Å²) in [7, 11) is 4.87. The first-order valence-electron chi connectivity index (χ1n) is 13.9. The number of imidazole rings is 1. The third-order valence-corrected chi connectivity index (χ3v) is 7.37. The summed E-state index contributed by atoms with van der Waals surface area (Å²) >= 11 is 6.60. The second-order valence-corrected chi connectivity index (χ2v) is 10.5. The maximum Gasteiger partial charge on any atom is 0.323 e. The van der Waals surface area contributed by atoms with Gasteiger partial charge in [0.05, 0.1) is 12.8 Å². The molecular weight excluding hydrogens is 558 g/mol. The predicted octanol–water partition coefficient (Wildman–Crippen LogP) is 4.70. The number of aromatic nitrogens is 6. The van der Waals surface area contributed by atoms with Gasteiger partial charge in [0.25, 0.3) is 0 Å². The van der Waals surface area contributed by atoms with E-state index in [0.717, 1.165) is 47.3 Å². The van der Waals surface area contributed by atoms with Gasteiger partial charge in [-0.3, -0.25) is 14.5 Å². The summed E-state index contributed by atoms with van der Waals surface area (Å²) in [4.78, 5) is 31.0. The van der Waals surface area contributed by atoms with Gasteiger partial charge in [0, 0.05) is 24.9 Å². The molecule has 4 aromatic rings. The minimum absolute atomic E-state index is 0.0322. The second-order valence-electron chi connectivity index (χ2n) is 10.1. The molecule has 2 aromatic heterocycles. The number of halogens is 1. The Bertz CT molecular complexity index is 1470. The molecule has 4 rings (SSSR count). The number of unbranched alkanes of at least 4 members (excludes halogenated alkanes) is 1. The van der Waals surface area contributed by atoms with Crippen LogP contribution in [0.25, 0.3) is 22.5 Å². The molecule has 0 aliphatic heterocycles. The lowest BCUT2D eigenvalue weighted by atomic mass is 9.98. The molecule has 0 amide bonds. The molecule has 12 heteroatoms. The number of nitrogens with zero attached hydrogens (tertiary/aromatic N) is 6. The van der Waals surface area contributed by atoms with E-state index in [2.05, 4.69) is 56.8 Å². The Balaban J connectivity index is 1.54. The van der Waals surface area contributed by atoms with Crippen LogP contribution in [0.4, 0.5) is 0 Å². The SMILES string of the molecule is CCCCc1nc(Cl)c(COC(=O)[C@@H](CCC(=O)OC)N(C)C)n1Cc1ccc(-c2ccccc2-c2nn[nH]n2)cc1. The lowest BCUT2D eigenvalue weighted by molar-refractivity contribution is -0.151. The summed E-state index contributed by atoms with van der Waals surface area (Å²) in [6, 6.07) is 15.5. The van der Waals surface area contributed by atoms with Gasteiger partial charge in [-0.2, -0.15) is 5.21 Å². The highest BCUT2D eigenvalue weighted by Crippen LogP contribution is 2.30. The zero-order valence-corrected chi connectivity index (χ0v) is 25.1. The molecule has 11 nitrogen and oxygen atoms in total. The Kier molecular flexibility index (Phi) is 10.8. The average Bonchev–Trinajstić information content (AvgIpc) is 3.63. The van der Waals surface area contributed by atoms with Crippen LogP contribution in [0.3, 0.4) is 0 Å². The number of likely N-dealkylation sites (N-methyl/N-ethyl adjacent to an activating group) is 1. The quantitative estimate of drug-likeness (QED) is 0.207. The molecular formula is C30H36ClN7O4. The molecule has 222 valence electrons. The number of hydrogen-bond acceptors (Lipinski definition) is 9. The third-order valence-electron chi connectivity index (χ3n) is 7.07. The molecule has 1 atom stereocenters. The number of carbonyl (C=O) groups is 2. The van der Waals surface area contributed by atoms with E-state index in [4.69, 9.17) is 21.1 Å². The molecule has 0 fully saturated rings. The van der Waals surface area contributed by atoms with E-state index >= 15 is 0 Å². The molecule has 0 saturated carbocycles. The number of methoxy groups -OCH3 is 1. The molecule has 0 spiro atoms. The molecule has 0 unspecified atom stereocenters. The van der Waals surface area contributed by atoms with E-state index in [1.165, 1.54) is 7.11 Å². The van der Waals surface area contributed by atoms with Crippen molar-refractivity contribution in [2.75, 3.05) is 21.2 Å². The summed E-state index contributed by atoms with van der Waals surface area (Å²) < 4.78 is 12.5. The van der Waals surface area contributed by atoms with Crippen LogP contribution >= 0.6 is 11.6 Å². The van der Waals surface area contributed by atoms with Gasteiger partial charge in [-0.1, -0.05) is 73.5 Å². The summed E-state index contributed by atoms with van der Waals surface area (Å²) in [6.07, 6.45) is 3.11. The smallest absolute Gasteiger partial charge is 0.323 e. The number of carbonyl (C=O) groups excluding carboxylic acids is 2. The van der Waals surface area contributed by atoms with E-state index in [0.29, 0.717) is 23.2 Å². The number of rotatable bonds is 14. The van der Waals surface area contributed by atoms with Crippen molar-refractivity contribution in [1.29, 1.82) is 0 Å².